The maximum atomic E-state index is 6.79. The number of para-hydroxylation sites is 1. The van der Waals surface area contributed by atoms with Gasteiger partial charge < -0.3 is 4.74 Å². The van der Waals surface area contributed by atoms with Gasteiger partial charge in [0, 0.05) is 22.1 Å². The van der Waals surface area contributed by atoms with Crippen molar-refractivity contribution in [2.75, 3.05) is 0 Å². The fraction of sp³-hybridized carbons (Fsp3) is 0. The highest BCUT2D eigenvalue weighted by Crippen LogP contribution is 2.51. The summed E-state index contributed by atoms with van der Waals surface area (Å²) >= 11 is 0. The van der Waals surface area contributed by atoms with Gasteiger partial charge in [-0.15, -0.1) is 0 Å². The van der Waals surface area contributed by atoms with Gasteiger partial charge in [-0.25, -0.2) is 15.0 Å². The third-order valence-electron chi connectivity index (χ3n) is 8.74. The molecule has 0 spiro atoms. The van der Waals surface area contributed by atoms with Gasteiger partial charge in [-0.05, 0) is 51.4 Å². The van der Waals surface area contributed by atoms with Gasteiger partial charge in [-0.2, -0.15) is 0 Å². The molecule has 4 heteroatoms. The molecule has 2 heterocycles. The molecule has 0 fully saturated rings. The van der Waals surface area contributed by atoms with Crippen molar-refractivity contribution in [1.82, 2.24) is 15.0 Å². The molecule has 9 rings (SSSR count). The van der Waals surface area contributed by atoms with Crippen LogP contribution in [0.5, 0.6) is 11.5 Å². The average Bonchev–Trinajstić information content (AvgIpc) is 3.16. The summed E-state index contributed by atoms with van der Waals surface area (Å²) in [6.07, 6.45) is 0. The first-order valence-electron chi connectivity index (χ1n) is 15.7. The number of benzene rings is 7. The van der Waals surface area contributed by atoms with E-state index in [1.807, 2.05) is 48.5 Å². The van der Waals surface area contributed by atoms with Crippen molar-refractivity contribution in [2.24, 2.45) is 0 Å². The Bertz CT molecular complexity index is 2420. The minimum atomic E-state index is 0.562. The largest absolute Gasteiger partial charge is 0.455 e. The topological polar surface area (TPSA) is 47.9 Å². The van der Waals surface area contributed by atoms with Crippen molar-refractivity contribution in [1.29, 1.82) is 0 Å². The predicted octanol–water partition coefficient (Wildman–Crippen LogP) is 11.1. The first-order valence-corrected chi connectivity index (χ1v) is 15.7. The normalized spacial score (nSPS) is 11.6. The Balaban J connectivity index is 1.23. The van der Waals surface area contributed by atoms with Crippen LogP contribution >= 0.6 is 0 Å². The van der Waals surface area contributed by atoms with E-state index in [-0.39, 0.29) is 0 Å². The predicted molar refractivity (Wildman–Crippen MR) is 190 cm³/mol. The minimum absolute atomic E-state index is 0.562. The molecule has 0 radical (unpaired) electrons. The Morgan fingerprint density at radius 1 is 0.340 bits per heavy atom. The van der Waals surface area contributed by atoms with Crippen molar-refractivity contribution in [3.63, 3.8) is 0 Å². The van der Waals surface area contributed by atoms with E-state index < -0.39 is 0 Å². The first kappa shape index (κ1) is 27.0. The quantitative estimate of drug-likeness (QED) is 0.197. The Morgan fingerprint density at radius 2 is 0.894 bits per heavy atom. The van der Waals surface area contributed by atoms with Crippen LogP contribution in [0.25, 0.3) is 78.3 Å². The van der Waals surface area contributed by atoms with E-state index >= 15 is 0 Å². The minimum Gasteiger partial charge on any atom is -0.455 e. The van der Waals surface area contributed by atoms with Gasteiger partial charge in [0.25, 0.3) is 0 Å². The summed E-state index contributed by atoms with van der Waals surface area (Å²) in [5.41, 5.74) is 9.41. The van der Waals surface area contributed by atoms with Gasteiger partial charge in [0.05, 0.1) is 5.56 Å². The fourth-order valence-corrected chi connectivity index (χ4v) is 6.51. The summed E-state index contributed by atoms with van der Waals surface area (Å²) in [5.74, 6) is 3.35. The lowest BCUT2D eigenvalue weighted by atomic mass is 9.89. The maximum Gasteiger partial charge on any atom is 0.167 e. The molecule has 0 N–H and O–H groups in total. The number of aromatic nitrogens is 3. The summed E-state index contributed by atoms with van der Waals surface area (Å²) in [6, 6.07) is 56.2. The molecule has 0 bridgehead atoms. The molecule has 0 aliphatic carbocycles. The number of ether oxygens (including phenoxy) is 1. The molecule has 0 saturated carbocycles. The first-order chi connectivity index (χ1) is 23.3. The highest BCUT2D eigenvalue weighted by molar-refractivity contribution is 6.10. The molecule has 0 amide bonds. The smallest absolute Gasteiger partial charge is 0.167 e. The number of fused-ring (bicyclic) bond motifs is 2. The molecule has 1 aromatic heterocycles. The summed E-state index contributed by atoms with van der Waals surface area (Å²) in [6.45, 7) is 0. The van der Waals surface area contributed by atoms with E-state index in [1.54, 1.807) is 0 Å². The zero-order chi connectivity index (χ0) is 31.2. The van der Waals surface area contributed by atoms with Crippen molar-refractivity contribution >= 4 is 10.8 Å². The second-order valence-corrected chi connectivity index (χ2v) is 11.6. The van der Waals surface area contributed by atoms with Crippen LogP contribution in [0, 0.1) is 0 Å². The van der Waals surface area contributed by atoms with Gasteiger partial charge in [-0.3, -0.25) is 0 Å². The average molecular weight is 602 g/mol. The number of hydrogen-bond acceptors (Lipinski definition) is 4. The molecule has 220 valence electrons. The molecule has 0 atom stereocenters. The van der Waals surface area contributed by atoms with Crippen LogP contribution in [-0.4, -0.2) is 15.0 Å². The van der Waals surface area contributed by atoms with Gasteiger partial charge in [0.15, 0.2) is 17.5 Å². The van der Waals surface area contributed by atoms with Crippen molar-refractivity contribution in [2.45, 2.75) is 0 Å². The summed E-state index contributed by atoms with van der Waals surface area (Å²) in [5, 5.41) is 2.27. The SMILES string of the molecule is c1ccc(-c2cccc(-c3nc(-c4ccccc4)nc(-c4cccc5c4Oc4ccc(-c6ccccc6)c6cccc-5c46)n3)c2)cc1. The monoisotopic (exact) mass is 601 g/mol. The van der Waals surface area contributed by atoms with E-state index in [2.05, 4.69) is 115 Å². The van der Waals surface area contributed by atoms with E-state index in [0.29, 0.717) is 17.5 Å². The number of rotatable bonds is 5. The summed E-state index contributed by atoms with van der Waals surface area (Å²) < 4.78 is 6.79. The van der Waals surface area contributed by atoms with E-state index in [9.17, 15) is 0 Å². The lowest BCUT2D eigenvalue weighted by Gasteiger charge is -2.24. The van der Waals surface area contributed by atoms with Gasteiger partial charge >= 0.3 is 0 Å². The number of nitrogens with zero attached hydrogens (tertiary/aromatic N) is 3. The van der Waals surface area contributed by atoms with Crippen LogP contribution in [0.2, 0.25) is 0 Å². The fourth-order valence-electron chi connectivity index (χ4n) is 6.51. The molecule has 0 unspecified atom stereocenters. The molecular weight excluding hydrogens is 574 g/mol. The lowest BCUT2D eigenvalue weighted by molar-refractivity contribution is 0.488. The third kappa shape index (κ3) is 4.75. The summed E-state index contributed by atoms with van der Waals surface area (Å²) in [7, 11) is 0. The molecular formula is C43H27N3O. The van der Waals surface area contributed by atoms with Gasteiger partial charge in [-0.1, -0.05) is 146 Å². The maximum absolute atomic E-state index is 6.79. The van der Waals surface area contributed by atoms with E-state index in [0.717, 1.165) is 61.2 Å². The molecule has 4 nitrogen and oxygen atoms in total. The molecule has 1 aliphatic heterocycles. The number of hydrogen-bond donors (Lipinski definition) is 0. The van der Waals surface area contributed by atoms with Crippen molar-refractivity contribution < 1.29 is 4.74 Å². The zero-order valence-electron chi connectivity index (χ0n) is 25.3. The molecule has 47 heavy (non-hydrogen) atoms. The zero-order valence-corrected chi connectivity index (χ0v) is 25.3. The molecule has 7 aromatic carbocycles. The lowest BCUT2D eigenvalue weighted by Crippen LogP contribution is -2.04. The van der Waals surface area contributed by atoms with Gasteiger partial charge in [0.2, 0.25) is 0 Å². The van der Waals surface area contributed by atoms with Crippen molar-refractivity contribution in [3.05, 3.63) is 164 Å². The van der Waals surface area contributed by atoms with Crippen LogP contribution in [0.4, 0.5) is 0 Å². The standard InChI is InChI=1S/C43H27N3O/c1-4-13-28(14-5-1)31-19-10-20-32(27-31)42-44-41(30-17-8-3-9-18-30)45-43(46-42)37-24-12-23-36-35-22-11-21-34-33(29-15-6-2-7-16-29)25-26-38(39(34)35)47-40(36)37/h1-27H. The highest BCUT2D eigenvalue weighted by atomic mass is 16.5. The molecule has 8 aromatic rings. The van der Waals surface area contributed by atoms with E-state index in [1.165, 1.54) is 11.1 Å². The Labute approximate surface area is 272 Å². The second-order valence-electron chi connectivity index (χ2n) is 11.6. The third-order valence-corrected chi connectivity index (χ3v) is 8.74. The van der Waals surface area contributed by atoms with Crippen LogP contribution in [0.1, 0.15) is 0 Å². The molecule has 0 saturated heterocycles. The van der Waals surface area contributed by atoms with Crippen LogP contribution in [0.3, 0.4) is 0 Å². The highest BCUT2D eigenvalue weighted by Gasteiger charge is 2.26. The van der Waals surface area contributed by atoms with Crippen LogP contribution in [0.15, 0.2) is 164 Å². The Hall–Kier alpha value is -6.39. The van der Waals surface area contributed by atoms with Crippen LogP contribution < -0.4 is 4.74 Å². The Morgan fingerprint density at radius 3 is 1.66 bits per heavy atom. The second kappa shape index (κ2) is 11.2. The van der Waals surface area contributed by atoms with Crippen molar-refractivity contribution in [3.8, 4) is 79.0 Å². The molecule has 1 aliphatic rings. The van der Waals surface area contributed by atoms with Gasteiger partial charge in [0.1, 0.15) is 11.5 Å². The van der Waals surface area contributed by atoms with E-state index in [4.69, 9.17) is 19.7 Å². The van der Waals surface area contributed by atoms with Crippen LogP contribution in [-0.2, 0) is 0 Å². The Kier molecular flexibility index (Phi) is 6.43. The summed E-state index contributed by atoms with van der Waals surface area (Å²) in [4.78, 5) is 15.1.